The second-order valence-electron chi connectivity index (χ2n) is 6.10. The smallest absolute Gasteiger partial charge is 0.0803 e. The second kappa shape index (κ2) is 5.97. The largest absolute Gasteiger partial charge is 0.0864 e. The van der Waals surface area contributed by atoms with E-state index in [-0.39, 0.29) is 0 Å². The summed E-state index contributed by atoms with van der Waals surface area (Å²) in [6, 6.07) is 1.42. The molecular formula is C19H24Si. The minimum atomic E-state index is -1.54. The van der Waals surface area contributed by atoms with E-state index >= 15 is 0 Å². The Morgan fingerprint density at radius 3 is 1.30 bits per heavy atom. The van der Waals surface area contributed by atoms with Gasteiger partial charge in [-0.25, -0.2) is 0 Å². The fourth-order valence-corrected chi connectivity index (χ4v) is 10.1. The number of rotatable bonds is 6. The lowest BCUT2D eigenvalue weighted by Gasteiger charge is -2.43. The first-order valence-electron chi connectivity index (χ1n) is 7.93. The van der Waals surface area contributed by atoms with E-state index in [9.17, 15) is 0 Å². The Morgan fingerprint density at radius 1 is 0.650 bits per heavy atom. The van der Waals surface area contributed by atoms with Gasteiger partial charge in [-0.15, -0.1) is 0 Å². The molecule has 104 valence electrons. The summed E-state index contributed by atoms with van der Waals surface area (Å²) >= 11 is 0. The molecule has 3 aliphatic rings. The van der Waals surface area contributed by atoms with E-state index in [1.165, 1.54) is 18.9 Å². The van der Waals surface area contributed by atoms with Gasteiger partial charge in [0.1, 0.15) is 0 Å². The van der Waals surface area contributed by atoms with Crippen LogP contribution >= 0.6 is 0 Å². The molecule has 0 saturated carbocycles. The molecule has 0 spiro atoms. The molecule has 0 aromatic rings. The molecule has 0 atom stereocenters. The lowest BCUT2D eigenvalue weighted by molar-refractivity contribution is 0.839. The second-order valence-corrected chi connectivity index (χ2v) is 10.8. The van der Waals surface area contributed by atoms with Gasteiger partial charge in [-0.1, -0.05) is 98.7 Å². The van der Waals surface area contributed by atoms with Crippen molar-refractivity contribution in [1.82, 2.24) is 0 Å². The molecule has 0 aliphatic heterocycles. The van der Waals surface area contributed by atoms with Gasteiger partial charge in [-0.2, -0.15) is 0 Å². The minimum absolute atomic E-state index is 0.684. The minimum Gasteiger partial charge on any atom is -0.0803 e. The van der Waals surface area contributed by atoms with E-state index in [4.69, 9.17) is 0 Å². The predicted molar refractivity (Wildman–Crippen MR) is 91.6 cm³/mol. The van der Waals surface area contributed by atoms with Crippen LogP contribution in [-0.4, -0.2) is 8.07 Å². The van der Waals surface area contributed by atoms with Crippen LogP contribution in [0.25, 0.3) is 0 Å². The summed E-state index contributed by atoms with van der Waals surface area (Å²) in [5.74, 6) is 0. The highest BCUT2D eigenvalue weighted by molar-refractivity contribution is 6.86. The first kappa shape index (κ1) is 13.6. The van der Waals surface area contributed by atoms with Crippen LogP contribution in [0.4, 0.5) is 0 Å². The zero-order chi connectivity index (χ0) is 13.8. The summed E-state index contributed by atoms with van der Waals surface area (Å²) in [6.07, 6.45) is 30.9. The normalized spacial score (nSPS) is 22.1. The summed E-state index contributed by atoms with van der Waals surface area (Å²) in [5, 5.41) is 0. The van der Waals surface area contributed by atoms with Crippen molar-refractivity contribution >= 4 is 8.07 Å². The average Bonchev–Trinajstić information content (AvgIpc) is 3.23. The molecule has 0 nitrogen and oxygen atoms in total. The molecule has 0 fully saturated rings. The van der Waals surface area contributed by atoms with Crippen LogP contribution in [0.15, 0.2) is 72.9 Å². The Balaban J connectivity index is 2.01. The van der Waals surface area contributed by atoms with Gasteiger partial charge in [0.15, 0.2) is 0 Å². The van der Waals surface area contributed by atoms with E-state index < -0.39 is 8.07 Å². The summed E-state index contributed by atoms with van der Waals surface area (Å²) in [5.41, 5.74) is 2.05. The molecule has 0 bridgehead atoms. The van der Waals surface area contributed by atoms with Crippen LogP contribution in [-0.2, 0) is 0 Å². The zero-order valence-corrected chi connectivity index (χ0v) is 13.3. The maximum Gasteiger partial charge on any atom is 0.0864 e. The molecule has 0 aromatic carbocycles. The van der Waals surface area contributed by atoms with Crippen LogP contribution in [0.5, 0.6) is 0 Å². The maximum absolute atomic E-state index is 2.46. The van der Waals surface area contributed by atoms with Crippen molar-refractivity contribution in [3.05, 3.63) is 72.9 Å². The molecule has 3 rings (SSSR count). The molecule has 0 radical (unpaired) electrons. The predicted octanol–water partition coefficient (Wildman–Crippen LogP) is 5.72. The van der Waals surface area contributed by atoms with Gasteiger partial charge in [-0.05, 0) is 16.6 Å². The van der Waals surface area contributed by atoms with Crippen LogP contribution < -0.4 is 0 Å². The fourth-order valence-electron chi connectivity index (χ4n) is 4.02. The van der Waals surface area contributed by atoms with Crippen LogP contribution in [0.2, 0.25) is 22.7 Å². The van der Waals surface area contributed by atoms with Crippen molar-refractivity contribution in [2.24, 2.45) is 0 Å². The lowest BCUT2D eigenvalue weighted by Crippen LogP contribution is -2.45. The Morgan fingerprint density at radius 2 is 1.00 bits per heavy atom. The quantitative estimate of drug-likeness (QED) is 0.545. The SMILES string of the molecule is CCCC[Si](C1C=CC=C1)(C1C=CC=C1)C1C=CC=C1. The maximum atomic E-state index is 2.46. The van der Waals surface area contributed by atoms with E-state index in [0.29, 0.717) is 16.6 Å². The van der Waals surface area contributed by atoms with Crippen LogP contribution in [0, 0.1) is 0 Å². The van der Waals surface area contributed by atoms with Crippen LogP contribution in [0.3, 0.4) is 0 Å². The number of unbranched alkanes of at least 4 members (excludes halogenated alkanes) is 1. The van der Waals surface area contributed by atoms with Gasteiger partial charge >= 0.3 is 0 Å². The highest BCUT2D eigenvalue weighted by Crippen LogP contribution is 2.52. The van der Waals surface area contributed by atoms with Crippen LogP contribution in [0.1, 0.15) is 19.8 Å². The lowest BCUT2D eigenvalue weighted by atomic mass is 10.4. The first-order chi connectivity index (χ1) is 9.88. The van der Waals surface area contributed by atoms with Gasteiger partial charge in [0, 0.05) is 0 Å². The third-order valence-corrected chi connectivity index (χ3v) is 11.2. The van der Waals surface area contributed by atoms with Crippen molar-refractivity contribution in [2.75, 3.05) is 0 Å². The Bertz CT molecular complexity index is 411. The third-order valence-electron chi connectivity index (χ3n) is 5.07. The molecule has 3 aliphatic carbocycles. The molecule has 0 amide bonds. The zero-order valence-electron chi connectivity index (χ0n) is 12.3. The Hall–Kier alpha value is -1.34. The van der Waals surface area contributed by atoms with Crippen molar-refractivity contribution < 1.29 is 0 Å². The van der Waals surface area contributed by atoms with E-state index in [1.54, 1.807) is 0 Å². The summed E-state index contributed by atoms with van der Waals surface area (Å²) in [6.45, 7) is 2.32. The van der Waals surface area contributed by atoms with E-state index in [1.807, 2.05) is 0 Å². The molecule has 20 heavy (non-hydrogen) atoms. The van der Waals surface area contributed by atoms with Crippen molar-refractivity contribution in [1.29, 1.82) is 0 Å². The molecule has 0 aromatic heterocycles. The van der Waals surface area contributed by atoms with Gasteiger partial charge < -0.3 is 0 Å². The molecule has 1 heteroatoms. The van der Waals surface area contributed by atoms with E-state index in [0.717, 1.165) is 0 Å². The topological polar surface area (TPSA) is 0 Å². The average molecular weight is 280 g/mol. The number of allylic oxidation sites excluding steroid dienone is 12. The van der Waals surface area contributed by atoms with Crippen molar-refractivity contribution in [3.8, 4) is 0 Å². The molecule has 0 saturated heterocycles. The van der Waals surface area contributed by atoms with Crippen molar-refractivity contribution in [2.45, 2.75) is 42.4 Å². The summed E-state index contributed by atoms with van der Waals surface area (Å²) in [4.78, 5) is 0. The van der Waals surface area contributed by atoms with Gasteiger partial charge in [0.25, 0.3) is 0 Å². The monoisotopic (exact) mass is 280 g/mol. The van der Waals surface area contributed by atoms with Gasteiger partial charge in [-0.3, -0.25) is 0 Å². The first-order valence-corrected chi connectivity index (χ1v) is 10.4. The molecule has 0 N–H and O–H groups in total. The fraction of sp³-hybridized carbons (Fsp3) is 0.368. The Labute approximate surface area is 124 Å². The highest BCUT2D eigenvalue weighted by Gasteiger charge is 2.48. The van der Waals surface area contributed by atoms with Gasteiger partial charge in [0.05, 0.1) is 8.07 Å². The Kier molecular flexibility index (Phi) is 4.07. The summed E-state index contributed by atoms with van der Waals surface area (Å²) < 4.78 is 0. The molecule has 0 heterocycles. The third kappa shape index (κ3) is 2.24. The highest BCUT2D eigenvalue weighted by atomic mass is 28.3. The standard InChI is InChI=1S/C19H24Si/c1-2-3-16-20(17-10-4-5-11-17,18-12-6-7-13-18)19-14-8-9-15-19/h4-15,17-19H,2-3,16H2,1H3. The number of hydrogen-bond donors (Lipinski definition) is 0. The van der Waals surface area contributed by atoms with Gasteiger partial charge in [0.2, 0.25) is 0 Å². The molecular weight excluding hydrogens is 256 g/mol. The van der Waals surface area contributed by atoms with E-state index in [2.05, 4.69) is 79.8 Å². The van der Waals surface area contributed by atoms with Crippen molar-refractivity contribution in [3.63, 3.8) is 0 Å². The number of hydrogen-bond acceptors (Lipinski definition) is 0. The summed E-state index contributed by atoms with van der Waals surface area (Å²) in [7, 11) is -1.54. The molecule has 0 unspecified atom stereocenters.